The molecule has 0 saturated heterocycles. The molecule has 1 heterocycles. The minimum absolute atomic E-state index is 0.130. The zero-order chi connectivity index (χ0) is 21.5. The molecule has 1 aromatic heterocycles. The third kappa shape index (κ3) is 5.52. The van der Waals surface area contributed by atoms with Gasteiger partial charge in [-0.3, -0.25) is 9.89 Å². The Kier molecular flexibility index (Phi) is 6.64. The Morgan fingerprint density at radius 1 is 0.968 bits per heavy atom. The summed E-state index contributed by atoms with van der Waals surface area (Å²) in [6.07, 6.45) is 1.49. The lowest BCUT2D eigenvalue weighted by molar-refractivity contribution is 0.102. The van der Waals surface area contributed by atoms with Gasteiger partial charge in [0, 0.05) is 24.9 Å². The van der Waals surface area contributed by atoms with E-state index in [-0.39, 0.29) is 5.91 Å². The van der Waals surface area contributed by atoms with E-state index in [0.29, 0.717) is 5.56 Å². The van der Waals surface area contributed by atoms with Crippen LogP contribution in [0, 0.1) is 0 Å². The van der Waals surface area contributed by atoms with Crippen molar-refractivity contribution in [2.75, 3.05) is 17.3 Å². The van der Waals surface area contributed by atoms with E-state index in [1.54, 1.807) is 11.8 Å². The van der Waals surface area contributed by atoms with Crippen LogP contribution >= 0.6 is 11.8 Å². The third-order valence-corrected chi connectivity index (χ3v) is 5.76. The van der Waals surface area contributed by atoms with E-state index >= 15 is 0 Å². The first kappa shape index (κ1) is 20.7. The van der Waals surface area contributed by atoms with Gasteiger partial charge in [0.15, 0.2) is 5.16 Å². The Hall–Kier alpha value is -3.58. The standard InChI is InChI=1S/C24H23N5OS/c1-29(15-18-7-3-2-4-8-18)22-10-6-5-9-21(22)27-23(30)20-13-11-19(12-14-20)16-31-24-25-17-26-28-24/h2-14,17H,15-16H2,1H3,(H,27,30)(H,25,26,28). The topological polar surface area (TPSA) is 73.9 Å². The summed E-state index contributed by atoms with van der Waals surface area (Å²) in [7, 11) is 2.03. The van der Waals surface area contributed by atoms with Crippen molar-refractivity contribution < 1.29 is 4.79 Å². The molecule has 6 nitrogen and oxygen atoms in total. The van der Waals surface area contributed by atoms with Gasteiger partial charge in [0.1, 0.15) is 6.33 Å². The molecule has 0 aliphatic rings. The summed E-state index contributed by atoms with van der Waals surface area (Å²) in [6.45, 7) is 0.755. The third-order valence-electron chi connectivity index (χ3n) is 4.81. The van der Waals surface area contributed by atoms with Gasteiger partial charge in [-0.15, -0.1) is 0 Å². The Bertz CT molecular complexity index is 1110. The molecule has 0 saturated carbocycles. The van der Waals surface area contributed by atoms with Crippen molar-refractivity contribution in [3.63, 3.8) is 0 Å². The van der Waals surface area contributed by atoms with Crippen molar-refractivity contribution in [1.82, 2.24) is 15.2 Å². The van der Waals surface area contributed by atoms with E-state index in [9.17, 15) is 4.79 Å². The minimum atomic E-state index is -0.130. The van der Waals surface area contributed by atoms with Crippen molar-refractivity contribution in [3.8, 4) is 0 Å². The molecular formula is C24H23N5OS. The van der Waals surface area contributed by atoms with Gasteiger partial charge in [0.25, 0.3) is 5.91 Å². The maximum atomic E-state index is 12.8. The number of anilines is 2. The predicted octanol–water partition coefficient (Wildman–Crippen LogP) is 4.99. The van der Waals surface area contributed by atoms with E-state index in [4.69, 9.17) is 0 Å². The van der Waals surface area contributed by atoms with Crippen LogP contribution in [0.4, 0.5) is 11.4 Å². The van der Waals surface area contributed by atoms with Crippen molar-refractivity contribution in [2.45, 2.75) is 17.5 Å². The number of nitrogens with one attached hydrogen (secondary N) is 2. The highest BCUT2D eigenvalue weighted by molar-refractivity contribution is 7.98. The number of hydrogen-bond donors (Lipinski definition) is 2. The first-order valence-electron chi connectivity index (χ1n) is 9.91. The average molecular weight is 430 g/mol. The fourth-order valence-electron chi connectivity index (χ4n) is 3.22. The molecule has 0 unspecified atom stereocenters. The first-order valence-corrected chi connectivity index (χ1v) is 10.9. The normalized spacial score (nSPS) is 10.6. The lowest BCUT2D eigenvalue weighted by Crippen LogP contribution is -2.20. The SMILES string of the molecule is CN(Cc1ccccc1)c1ccccc1NC(=O)c1ccc(CSc2ncn[nH]2)cc1. The van der Waals surface area contributed by atoms with Crippen LogP contribution in [-0.2, 0) is 12.3 Å². The Morgan fingerprint density at radius 3 is 2.45 bits per heavy atom. The van der Waals surface area contributed by atoms with Crippen LogP contribution in [0.15, 0.2) is 90.3 Å². The van der Waals surface area contributed by atoms with Crippen LogP contribution in [0.5, 0.6) is 0 Å². The molecule has 4 aromatic rings. The second kappa shape index (κ2) is 9.95. The summed E-state index contributed by atoms with van der Waals surface area (Å²) in [5.74, 6) is 0.625. The summed E-state index contributed by atoms with van der Waals surface area (Å²) in [5.41, 5.74) is 4.70. The molecule has 0 aliphatic carbocycles. The van der Waals surface area contributed by atoms with Crippen LogP contribution in [-0.4, -0.2) is 28.1 Å². The Morgan fingerprint density at radius 2 is 1.71 bits per heavy atom. The molecule has 4 rings (SSSR count). The maximum absolute atomic E-state index is 12.8. The fraction of sp³-hybridized carbons (Fsp3) is 0.125. The van der Waals surface area contributed by atoms with Gasteiger partial charge in [-0.2, -0.15) is 5.10 Å². The molecule has 0 bridgehead atoms. The number of thioether (sulfide) groups is 1. The van der Waals surface area contributed by atoms with Crippen LogP contribution in [0.1, 0.15) is 21.5 Å². The molecule has 2 N–H and O–H groups in total. The van der Waals surface area contributed by atoms with Crippen molar-refractivity contribution in [3.05, 3.63) is 102 Å². The summed E-state index contributed by atoms with van der Waals surface area (Å²) in [6, 6.07) is 25.7. The highest BCUT2D eigenvalue weighted by Gasteiger charge is 2.12. The molecular weight excluding hydrogens is 406 g/mol. The van der Waals surface area contributed by atoms with Crippen molar-refractivity contribution in [2.24, 2.45) is 0 Å². The van der Waals surface area contributed by atoms with E-state index in [1.165, 1.54) is 11.9 Å². The average Bonchev–Trinajstić information content (AvgIpc) is 3.33. The number of hydrogen-bond acceptors (Lipinski definition) is 5. The van der Waals surface area contributed by atoms with E-state index in [0.717, 1.165) is 34.4 Å². The number of rotatable bonds is 8. The van der Waals surface area contributed by atoms with Gasteiger partial charge >= 0.3 is 0 Å². The lowest BCUT2D eigenvalue weighted by atomic mass is 10.1. The molecule has 0 fully saturated rings. The number of H-pyrrole nitrogens is 1. The number of aromatic nitrogens is 3. The number of amides is 1. The Labute approximate surface area is 185 Å². The second-order valence-corrected chi connectivity index (χ2v) is 8.05. The zero-order valence-electron chi connectivity index (χ0n) is 17.2. The van der Waals surface area contributed by atoms with Crippen LogP contribution < -0.4 is 10.2 Å². The predicted molar refractivity (Wildman–Crippen MR) is 125 cm³/mol. The Balaban J connectivity index is 1.41. The number of carbonyl (C=O) groups is 1. The van der Waals surface area contributed by atoms with E-state index < -0.39 is 0 Å². The maximum Gasteiger partial charge on any atom is 0.255 e. The number of nitrogens with zero attached hydrogens (tertiary/aromatic N) is 3. The number of benzene rings is 3. The van der Waals surface area contributed by atoms with Crippen molar-refractivity contribution in [1.29, 1.82) is 0 Å². The second-order valence-electron chi connectivity index (χ2n) is 7.09. The van der Waals surface area contributed by atoms with Gasteiger partial charge in [-0.05, 0) is 35.4 Å². The van der Waals surface area contributed by atoms with Crippen LogP contribution in [0.2, 0.25) is 0 Å². The summed E-state index contributed by atoms with van der Waals surface area (Å²) < 4.78 is 0. The van der Waals surface area contributed by atoms with Crippen LogP contribution in [0.25, 0.3) is 0 Å². The molecule has 1 amide bonds. The highest BCUT2D eigenvalue weighted by Crippen LogP contribution is 2.26. The molecule has 0 radical (unpaired) electrons. The van der Waals surface area contributed by atoms with Crippen LogP contribution in [0.3, 0.4) is 0 Å². The highest BCUT2D eigenvalue weighted by atomic mass is 32.2. The smallest absolute Gasteiger partial charge is 0.255 e. The molecule has 31 heavy (non-hydrogen) atoms. The van der Waals surface area contributed by atoms with Gasteiger partial charge in [-0.1, -0.05) is 66.4 Å². The molecule has 7 heteroatoms. The zero-order valence-corrected chi connectivity index (χ0v) is 18.0. The minimum Gasteiger partial charge on any atom is -0.369 e. The number of para-hydroxylation sites is 2. The number of aromatic amines is 1. The quantitative estimate of drug-likeness (QED) is 0.386. The van der Waals surface area contributed by atoms with Gasteiger partial charge < -0.3 is 10.2 Å². The summed E-state index contributed by atoms with van der Waals surface area (Å²) >= 11 is 1.57. The molecule has 0 atom stereocenters. The lowest BCUT2D eigenvalue weighted by Gasteiger charge is -2.23. The molecule has 3 aromatic carbocycles. The monoisotopic (exact) mass is 429 g/mol. The summed E-state index contributed by atoms with van der Waals surface area (Å²) in [4.78, 5) is 19.1. The largest absolute Gasteiger partial charge is 0.369 e. The van der Waals surface area contributed by atoms with Gasteiger partial charge in [-0.25, -0.2) is 4.98 Å². The first-order chi connectivity index (χ1) is 15.2. The summed E-state index contributed by atoms with van der Waals surface area (Å²) in [5, 5.41) is 10.5. The van der Waals surface area contributed by atoms with Gasteiger partial charge in [0.05, 0.1) is 11.4 Å². The molecule has 156 valence electrons. The molecule has 0 spiro atoms. The number of carbonyl (C=O) groups excluding carboxylic acids is 1. The van der Waals surface area contributed by atoms with E-state index in [2.05, 4.69) is 37.5 Å². The molecule has 0 aliphatic heterocycles. The fourth-order valence-corrected chi connectivity index (χ4v) is 3.95. The van der Waals surface area contributed by atoms with Crippen molar-refractivity contribution >= 4 is 29.0 Å². The van der Waals surface area contributed by atoms with Gasteiger partial charge in [0.2, 0.25) is 0 Å². The van der Waals surface area contributed by atoms with E-state index in [1.807, 2.05) is 73.8 Å².